The largest absolute Gasteiger partial charge is 0.353 e. The summed E-state index contributed by atoms with van der Waals surface area (Å²) in [5.74, 6) is 1.49. The van der Waals surface area contributed by atoms with Crippen molar-refractivity contribution in [2.24, 2.45) is 17.3 Å². The number of likely N-dealkylation sites (tertiary alicyclic amines) is 1. The molecule has 0 bridgehead atoms. The van der Waals surface area contributed by atoms with Crippen LogP contribution >= 0.6 is 0 Å². The highest BCUT2D eigenvalue weighted by molar-refractivity contribution is 5.81. The summed E-state index contributed by atoms with van der Waals surface area (Å²) in [5, 5.41) is 3.11. The molecule has 4 rings (SSSR count). The first-order chi connectivity index (χ1) is 11.2. The van der Waals surface area contributed by atoms with Gasteiger partial charge in [-0.15, -0.1) is 0 Å². The zero-order valence-electron chi connectivity index (χ0n) is 14.2. The summed E-state index contributed by atoms with van der Waals surface area (Å²) >= 11 is 0. The normalized spacial score (nSPS) is 29.7. The Kier molecular flexibility index (Phi) is 4.10. The summed E-state index contributed by atoms with van der Waals surface area (Å²) in [5.41, 5.74) is 0.322. The number of amides is 2. The van der Waals surface area contributed by atoms with E-state index in [1.165, 1.54) is 32.1 Å². The van der Waals surface area contributed by atoms with Gasteiger partial charge in [-0.3, -0.25) is 9.59 Å². The summed E-state index contributed by atoms with van der Waals surface area (Å²) in [6, 6.07) is 0.461. The van der Waals surface area contributed by atoms with Gasteiger partial charge in [0.05, 0.1) is 0 Å². The molecule has 3 aliphatic carbocycles. The van der Waals surface area contributed by atoms with Crippen molar-refractivity contribution in [3.8, 4) is 0 Å². The van der Waals surface area contributed by atoms with E-state index in [9.17, 15) is 9.59 Å². The minimum absolute atomic E-state index is 0.227. The first-order valence-corrected chi connectivity index (χ1v) is 9.74. The van der Waals surface area contributed by atoms with Gasteiger partial charge in [-0.2, -0.15) is 0 Å². The first-order valence-electron chi connectivity index (χ1n) is 9.74. The Hall–Kier alpha value is -1.06. The predicted octanol–water partition coefficient (Wildman–Crippen LogP) is 2.86. The molecule has 1 atom stereocenters. The van der Waals surface area contributed by atoms with Crippen molar-refractivity contribution in [2.75, 3.05) is 13.1 Å². The molecule has 4 aliphatic rings. The fourth-order valence-electron chi connectivity index (χ4n) is 4.84. The lowest BCUT2D eigenvalue weighted by Crippen LogP contribution is -2.35. The Morgan fingerprint density at radius 1 is 1.04 bits per heavy atom. The highest BCUT2D eigenvalue weighted by atomic mass is 16.2. The Bertz CT molecular complexity index is 476. The molecule has 4 heteroatoms. The number of hydrogen-bond acceptors (Lipinski definition) is 2. The van der Waals surface area contributed by atoms with E-state index in [0.29, 0.717) is 35.6 Å². The van der Waals surface area contributed by atoms with E-state index in [1.54, 1.807) is 0 Å². The second-order valence-corrected chi connectivity index (χ2v) is 8.49. The van der Waals surface area contributed by atoms with Crippen molar-refractivity contribution in [3.63, 3.8) is 0 Å². The molecule has 4 fully saturated rings. The van der Waals surface area contributed by atoms with Crippen LogP contribution in [0.3, 0.4) is 0 Å². The van der Waals surface area contributed by atoms with Crippen LogP contribution in [-0.4, -0.2) is 35.8 Å². The van der Waals surface area contributed by atoms with Crippen LogP contribution < -0.4 is 5.32 Å². The van der Waals surface area contributed by atoms with Crippen LogP contribution in [0.15, 0.2) is 0 Å². The van der Waals surface area contributed by atoms with Crippen LogP contribution in [0.4, 0.5) is 0 Å². The highest BCUT2D eigenvalue weighted by Crippen LogP contribution is 2.50. The molecule has 0 aromatic rings. The van der Waals surface area contributed by atoms with E-state index in [2.05, 4.69) is 10.2 Å². The summed E-state index contributed by atoms with van der Waals surface area (Å²) in [4.78, 5) is 26.7. The van der Waals surface area contributed by atoms with Crippen molar-refractivity contribution < 1.29 is 9.59 Å². The van der Waals surface area contributed by atoms with Crippen molar-refractivity contribution >= 4 is 11.8 Å². The lowest BCUT2D eigenvalue weighted by Gasteiger charge is -2.38. The molecule has 1 spiro atoms. The minimum atomic E-state index is 0.227. The van der Waals surface area contributed by atoms with Crippen LogP contribution in [-0.2, 0) is 9.59 Å². The average molecular weight is 318 g/mol. The minimum Gasteiger partial charge on any atom is -0.353 e. The van der Waals surface area contributed by atoms with Gasteiger partial charge < -0.3 is 10.2 Å². The monoisotopic (exact) mass is 318 g/mol. The Labute approximate surface area is 139 Å². The lowest BCUT2D eigenvalue weighted by atomic mass is 9.66. The van der Waals surface area contributed by atoms with Gasteiger partial charge in [0, 0.05) is 31.5 Å². The van der Waals surface area contributed by atoms with Crippen molar-refractivity contribution in [1.82, 2.24) is 10.2 Å². The molecule has 128 valence electrons. The Morgan fingerprint density at radius 3 is 2.43 bits per heavy atom. The fraction of sp³-hybridized carbons (Fsp3) is 0.895. The molecule has 0 aromatic carbocycles. The number of rotatable bonds is 5. The molecule has 3 saturated carbocycles. The zero-order chi connectivity index (χ0) is 15.9. The van der Waals surface area contributed by atoms with E-state index in [-0.39, 0.29) is 5.91 Å². The third-order valence-corrected chi connectivity index (χ3v) is 6.56. The number of nitrogens with zero attached hydrogens (tertiary/aromatic N) is 1. The molecule has 2 amide bonds. The third-order valence-electron chi connectivity index (χ3n) is 6.56. The van der Waals surface area contributed by atoms with Crippen LogP contribution in [0.1, 0.15) is 70.6 Å². The molecule has 4 nitrogen and oxygen atoms in total. The van der Waals surface area contributed by atoms with Gasteiger partial charge in [-0.25, -0.2) is 0 Å². The van der Waals surface area contributed by atoms with E-state index in [1.807, 2.05) is 0 Å². The summed E-state index contributed by atoms with van der Waals surface area (Å²) in [7, 11) is 0. The van der Waals surface area contributed by atoms with Gasteiger partial charge in [-0.05, 0) is 56.3 Å². The lowest BCUT2D eigenvalue weighted by molar-refractivity contribution is -0.132. The molecule has 0 aromatic heterocycles. The molecular weight excluding hydrogens is 288 g/mol. The number of carbonyl (C=O) groups is 2. The summed E-state index contributed by atoms with van der Waals surface area (Å²) in [6.45, 7) is 1.88. The highest BCUT2D eigenvalue weighted by Gasteiger charge is 2.49. The van der Waals surface area contributed by atoms with E-state index in [0.717, 1.165) is 45.2 Å². The van der Waals surface area contributed by atoms with E-state index < -0.39 is 0 Å². The second-order valence-electron chi connectivity index (χ2n) is 8.49. The van der Waals surface area contributed by atoms with Gasteiger partial charge in [-0.1, -0.05) is 19.3 Å². The van der Waals surface area contributed by atoms with E-state index in [4.69, 9.17) is 0 Å². The SMILES string of the molecule is O=C(CCC1CN(C(=O)C2CC2)CC12CCCCC2)NC1CC1. The van der Waals surface area contributed by atoms with Gasteiger partial charge in [0.15, 0.2) is 0 Å². The van der Waals surface area contributed by atoms with Crippen molar-refractivity contribution in [3.05, 3.63) is 0 Å². The summed E-state index contributed by atoms with van der Waals surface area (Å²) in [6.07, 6.45) is 12.6. The van der Waals surface area contributed by atoms with Crippen LogP contribution in [0.25, 0.3) is 0 Å². The van der Waals surface area contributed by atoms with Gasteiger partial charge in [0.1, 0.15) is 0 Å². The molecule has 23 heavy (non-hydrogen) atoms. The van der Waals surface area contributed by atoms with Gasteiger partial charge in [0.2, 0.25) is 11.8 Å². The maximum absolute atomic E-state index is 12.5. The topological polar surface area (TPSA) is 49.4 Å². The van der Waals surface area contributed by atoms with Crippen LogP contribution in [0.2, 0.25) is 0 Å². The molecule has 1 aliphatic heterocycles. The standard InChI is InChI=1S/C19H30N2O2/c22-17(20-16-7-8-16)9-6-15-12-21(18(23)14-4-5-14)13-19(15)10-2-1-3-11-19/h14-16H,1-13H2,(H,20,22). The smallest absolute Gasteiger partial charge is 0.225 e. The van der Waals surface area contributed by atoms with Crippen molar-refractivity contribution in [2.45, 2.75) is 76.7 Å². The number of hydrogen-bond donors (Lipinski definition) is 1. The predicted molar refractivity (Wildman–Crippen MR) is 88.7 cm³/mol. The molecule has 1 unspecified atom stereocenters. The van der Waals surface area contributed by atoms with E-state index >= 15 is 0 Å². The number of carbonyl (C=O) groups excluding carboxylic acids is 2. The quantitative estimate of drug-likeness (QED) is 0.847. The maximum atomic E-state index is 12.5. The molecule has 1 saturated heterocycles. The van der Waals surface area contributed by atoms with Crippen LogP contribution in [0.5, 0.6) is 0 Å². The first kappa shape index (κ1) is 15.5. The maximum Gasteiger partial charge on any atom is 0.225 e. The molecule has 0 radical (unpaired) electrons. The van der Waals surface area contributed by atoms with Gasteiger partial charge >= 0.3 is 0 Å². The van der Waals surface area contributed by atoms with Gasteiger partial charge in [0.25, 0.3) is 0 Å². The second kappa shape index (κ2) is 6.10. The van der Waals surface area contributed by atoms with Crippen LogP contribution in [0, 0.1) is 17.3 Å². The molecular formula is C19H30N2O2. The molecule has 1 heterocycles. The third kappa shape index (κ3) is 3.41. The van der Waals surface area contributed by atoms with Crippen molar-refractivity contribution in [1.29, 1.82) is 0 Å². The Balaban J connectivity index is 1.38. The number of nitrogens with one attached hydrogen (secondary N) is 1. The average Bonchev–Trinajstić information content (AvgIpc) is 3.45. The zero-order valence-corrected chi connectivity index (χ0v) is 14.2. The Morgan fingerprint density at radius 2 is 1.78 bits per heavy atom. The molecule has 1 N–H and O–H groups in total. The fourth-order valence-corrected chi connectivity index (χ4v) is 4.84. The summed E-state index contributed by atoms with van der Waals surface area (Å²) < 4.78 is 0.